The maximum absolute atomic E-state index is 11.4. The van der Waals surface area contributed by atoms with E-state index in [4.69, 9.17) is 45.7 Å². The zero-order chi connectivity index (χ0) is 82.2. The summed E-state index contributed by atoms with van der Waals surface area (Å²) in [5.41, 5.74) is 18.4. The first kappa shape index (κ1) is 85.2. The molecule has 1 amide bonds. The zero-order valence-electron chi connectivity index (χ0n) is 69.5. The van der Waals surface area contributed by atoms with Crippen LogP contribution < -0.4 is 53.0 Å². The van der Waals surface area contributed by atoms with Gasteiger partial charge in [0.2, 0.25) is 23.8 Å². The van der Waals surface area contributed by atoms with Crippen LogP contribution in [0.4, 0.5) is 35.3 Å². The van der Waals surface area contributed by atoms with E-state index in [9.17, 15) is 4.79 Å². The highest BCUT2D eigenvalue weighted by molar-refractivity contribution is 7.22. The van der Waals surface area contributed by atoms with Crippen molar-refractivity contribution in [3.8, 4) is 31.3 Å². The molecule has 0 bridgehead atoms. The number of nitrogens with two attached hydrogens (primary N) is 1. The molecule has 12 N–H and O–H groups in total. The summed E-state index contributed by atoms with van der Waals surface area (Å²) in [5, 5.41) is 45.3. The van der Waals surface area contributed by atoms with Crippen molar-refractivity contribution in [3.05, 3.63) is 177 Å². The van der Waals surface area contributed by atoms with Crippen LogP contribution in [0.15, 0.2) is 140 Å². The highest BCUT2D eigenvalue weighted by Gasteiger charge is 2.27. The number of nitrogens with zero attached hydrogens (tertiary/aromatic N) is 12. The van der Waals surface area contributed by atoms with Gasteiger partial charge >= 0.3 is 7.12 Å². The summed E-state index contributed by atoms with van der Waals surface area (Å²) in [6.07, 6.45) is 19.4. The van der Waals surface area contributed by atoms with Crippen LogP contribution in [-0.2, 0) is 24.4 Å². The van der Waals surface area contributed by atoms with Gasteiger partial charge in [-0.1, -0.05) is 85.8 Å². The first-order valence-electron chi connectivity index (χ1n) is 41.4. The molecule has 16 rings (SSSR count). The van der Waals surface area contributed by atoms with Gasteiger partial charge in [-0.2, -0.15) is 29.9 Å². The molecular weight excluding hydrogens is 1540 g/mol. The predicted octanol–water partition coefficient (Wildman–Crippen LogP) is 18.2. The Kier molecular flexibility index (Phi) is 29.2. The average Bonchev–Trinajstić information content (AvgIpc) is 1.68. The number of aromatic nitrogens is 12. The minimum atomic E-state index is -1.30. The molecular formula is C88H114BN21O3S4. The standard InChI is InChI=1S/C29H39N7S.C28H35N7OS.C26H33N7S.C5H7BO2S/c1-5-16-30-23-11-13-24(14-12-23)33-29-34-27(26-28(35-29)36(18-32-26)19(2)3)31-17-21-7-9-22(10-8-21)25-15-6-20(4)37-25;1-17(2)35-16-30-25-26(29-15-20-6-8-21(9-7-20)24-14-5-18(3)37-24)33-28(34-27(25)35)32-23-12-10-22(11-13-23)31-19(4)36;1-16(2)33-15-29-23-24(31-26(32-25(23)33)30-21-11-9-20(27)10-12-21)28-14-18-5-7-19(8-6-18)22-13-4-17(3)34-22;1-4-2-3-5(9-4)6(7)8/h6-10,15,18-19,23-24,30H,5,11-14,16-17H2,1-4H3,(H2,31,33,34,35);5-9,14,16-17,22-23H,10-13,15H2,1-4H3,(H,31,36)(H2,29,32,33,34);4-8,13,15-16,20-21H,9-12,14,27H2,1-3H3,(H2,28,30,31,32);2-3,7-8H,1H3. The molecule has 3 fully saturated rings. The van der Waals surface area contributed by atoms with Crippen LogP contribution in [0.2, 0.25) is 0 Å². The summed E-state index contributed by atoms with van der Waals surface area (Å²) < 4.78 is 6.91. The zero-order valence-corrected chi connectivity index (χ0v) is 72.7. The average molecular weight is 1650 g/mol. The van der Waals surface area contributed by atoms with Gasteiger partial charge in [0.05, 0.1) is 19.0 Å². The molecule has 10 heterocycles. The Morgan fingerprint density at radius 3 is 1.03 bits per heavy atom. The molecule has 117 heavy (non-hydrogen) atoms. The van der Waals surface area contributed by atoms with Crippen LogP contribution in [0.3, 0.4) is 0 Å². The fourth-order valence-electron chi connectivity index (χ4n) is 15.0. The van der Waals surface area contributed by atoms with Gasteiger partial charge in [-0.15, -0.1) is 45.3 Å². The SMILES string of the molecule is CC(=O)NC1CCC(Nc2nc(NCc3ccc(-c4ccc(C)s4)cc3)c3ncn(C(C)C)c3n2)CC1.CCCNC1CCC(Nc2nc(NCc3ccc(-c4ccc(C)s4)cc3)c3ncn(C(C)C)c3n2)CC1.Cc1ccc(-c2ccc(CNc3nc(NC4CCC(N)CC4)nc4c3ncn4C(C)C)cc2)s1.Cc1ccc(B(O)O)s1. The lowest BCUT2D eigenvalue weighted by molar-refractivity contribution is -0.119. The van der Waals surface area contributed by atoms with E-state index >= 15 is 0 Å². The van der Waals surface area contributed by atoms with Gasteiger partial charge in [-0.25, -0.2) is 15.0 Å². The fraction of sp³-hybridized carbons (Fsp3) is 0.432. The van der Waals surface area contributed by atoms with E-state index in [-0.39, 0.29) is 36.1 Å². The van der Waals surface area contributed by atoms with Crippen LogP contribution in [0.5, 0.6) is 0 Å². The number of imidazole rings is 3. The molecule has 24 nitrogen and oxygen atoms in total. The van der Waals surface area contributed by atoms with E-state index in [1.54, 1.807) is 13.0 Å². The summed E-state index contributed by atoms with van der Waals surface area (Å²) in [6.45, 7) is 28.1. The van der Waals surface area contributed by atoms with Crippen LogP contribution in [-0.4, -0.2) is 124 Å². The largest absolute Gasteiger partial charge is 0.499 e. The molecule has 13 aromatic rings. The Hall–Kier alpha value is -9.72. The Labute approximate surface area is 703 Å². The second-order valence-corrected chi connectivity index (χ2v) is 37.1. The second kappa shape index (κ2) is 40.2. The monoisotopic (exact) mass is 1650 g/mol. The van der Waals surface area contributed by atoms with E-state index in [2.05, 4.69) is 250 Å². The van der Waals surface area contributed by atoms with Crippen molar-refractivity contribution < 1.29 is 14.8 Å². The molecule has 0 aliphatic heterocycles. The third-order valence-electron chi connectivity index (χ3n) is 21.6. The molecule has 3 aliphatic rings. The van der Waals surface area contributed by atoms with E-state index in [0.717, 1.165) is 127 Å². The van der Waals surface area contributed by atoms with Gasteiger partial charge in [-0.3, -0.25) is 4.79 Å². The molecule has 3 saturated carbocycles. The van der Waals surface area contributed by atoms with Crippen molar-refractivity contribution >= 4 is 132 Å². The molecule has 3 aliphatic carbocycles. The quantitative estimate of drug-likeness (QED) is 0.0224. The van der Waals surface area contributed by atoms with Crippen molar-refractivity contribution in [2.75, 3.05) is 38.4 Å². The number of carbonyl (C=O) groups is 1. The molecule has 29 heteroatoms. The third kappa shape index (κ3) is 23.0. The molecule has 0 unspecified atom stereocenters. The lowest BCUT2D eigenvalue weighted by Crippen LogP contribution is -2.39. The number of hydrogen-bond donors (Lipinski definition) is 11. The van der Waals surface area contributed by atoms with Crippen LogP contribution in [0.1, 0.15) is 193 Å². The molecule has 0 atom stereocenters. The maximum atomic E-state index is 11.4. The normalized spacial score (nSPS) is 17.4. The van der Waals surface area contributed by atoms with Crippen molar-refractivity contribution in [1.29, 1.82) is 0 Å². The molecule has 0 spiro atoms. The highest BCUT2D eigenvalue weighted by atomic mass is 32.1. The minimum Gasteiger partial charge on any atom is -0.423 e. The van der Waals surface area contributed by atoms with Gasteiger partial charge in [0.1, 0.15) is 0 Å². The van der Waals surface area contributed by atoms with E-state index in [0.29, 0.717) is 66.4 Å². The summed E-state index contributed by atoms with van der Waals surface area (Å²) in [5.74, 6) is 4.27. The van der Waals surface area contributed by atoms with Crippen LogP contribution >= 0.6 is 45.3 Å². The lowest BCUT2D eigenvalue weighted by atomic mass is 9.90. The summed E-state index contributed by atoms with van der Waals surface area (Å²) in [7, 11) is -1.30. The number of anilines is 6. The van der Waals surface area contributed by atoms with Gasteiger partial charge in [-0.05, 0) is 235 Å². The summed E-state index contributed by atoms with van der Waals surface area (Å²) in [6, 6.07) is 45.8. The number of rotatable bonds is 26. The van der Waals surface area contributed by atoms with Crippen molar-refractivity contribution in [3.63, 3.8) is 0 Å². The fourth-order valence-corrected chi connectivity index (χ4v) is 18.4. The first-order valence-corrected chi connectivity index (χ1v) is 44.7. The summed E-state index contributed by atoms with van der Waals surface area (Å²) >= 11 is 6.86. The van der Waals surface area contributed by atoms with Crippen LogP contribution in [0, 0.1) is 27.7 Å². The third-order valence-corrected chi connectivity index (χ3v) is 25.8. The Morgan fingerprint density at radius 2 is 0.752 bits per heavy atom. The van der Waals surface area contributed by atoms with E-state index in [1.807, 2.05) is 66.0 Å². The highest BCUT2D eigenvalue weighted by Crippen LogP contribution is 2.35. The number of aryl methyl sites for hydroxylation is 4. The van der Waals surface area contributed by atoms with E-state index in [1.165, 1.54) is 93.2 Å². The molecule has 0 radical (unpaired) electrons. The number of carbonyl (C=O) groups excluding carboxylic acids is 1. The lowest BCUT2D eigenvalue weighted by Gasteiger charge is -2.29. The number of nitrogens with one attached hydrogen (secondary N) is 8. The Balaban J connectivity index is 0.000000144. The maximum Gasteiger partial charge on any atom is 0.499 e. The van der Waals surface area contributed by atoms with E-state index < -0.39 is 7.12 Å². The van der Waals surface area contributed by atoms with Gasteiger partial charge in [0.25, 0.3) is 0 Å². The Morgan fingerprint density at radius 1 is 0.436 bits per heavy atom. The molecule has 3 aromatic carbocycles. The minimum absolute atomic E-state index is 0.0408. The second-order valence-electron chi connectivity index (χ2n) is 31.9. The molecule has 0 saturated heterocycles. The Bertz CT molecular complexity index is 5330. The van der Waals surface area contributed by atoms with Crippen molar-refractivity contribution in [2.45, 2.75) is 241 Å². The number of fused-ring (bicyclic) bond motifs is 3. The van der Waals surface area contributed by atoms with Crippen molar-refractivity contribution in [1.82, 2.24) is 69.2 Å². The van der Waals surface area contributed by atoms with Gasteiger partial charge in [0.15, 0.2) is 50.9 Å². The topological polar surface area (TPSA) is 311 Å². The first-order chi connectivity index (χ1) is 56.5. The predicted molar refractivity (Wildman–Crippen MR) is 487 cm³/mol. The van der Waals surface area contributed by atoms with Crippen molar-refractivity contribution in [2.24, 2.45) is 5.73 Å². The molecule has 616 valence electrons. The number of hydrogen-bond acceptors (Lipinski definition) is 24. The number of thiophene rings is 4. The van der Waals surface area contributed by atoms with Gasteiger partial charge in [0, 0.05) is 120 Å². The molecule has 10 aromatic heterocycles. The summed E-state index contributed by atoms with van der Waals surface area (Å²) in [4.78, 5) is 63.5. The van der Waals surface area contributed by atoms with Gasteiger partial charge < -0.3 is 72.0 Å². The smallest absolute Gasteiger partial charge is 0.423 e. The van der Waals surface area contributed by atoms with Crippen LogP contribution in [0.25, 0.3) is 64.8 Å². The number of amides is 1. The number of benzene rings is 3.